The van der Waals surface area contributed by atoms with Gasteiger partial charge >= 0.3 is 18.2 Å². The molecule has 192 valence electrons. The van der Waals surface area contributed by atoms with Crippen LogP contribution in [0.25, 0.3) is 0 Å². The summed E-state index contributed by atoms with van der Waals surface area (Å²) in [7, 11) is 0. The second-order valence-electron chi connectivity index (χ2n) is 8.41. The zero-order valence-electron chi connectivity index (χ0n) is 19.1. The molecule has 3 heterocycles. The van der Waals surface area contributed by atoms with E-state index in [0.29, 0.717) is 25.9 Å². The number of benzene rings is 1. The van der Waals surface area contributed by atoms with E-state index in [1.807, 2.05) is 30.3 Å². The highest BCUT2D eigenvalue weighted by Gasteiger charge is 2.44. The third-order valence-corrected chi connectivity index (χ3v) is 5.92. The summed E-state index contributed by atoms with van der Waals surface area (Å²) >= 11 is 0. The minimum atomic E-state index is -4.49. The summed E-state index contributed by atoms with van der Waals surface area (Å²) in [6, 6.07) is 10.6. The van der Waals surface area contributed by atoms with Gasteiger partial charge < -0.3 is 19.1 Å². The monoisotopic (exact) mass is 507 g/mol. The minimum absolute atomic E-state index is 0.0826. The quantitative estimate of drug-likeness (QED) is 0.531. The first-order valence-corrected chi connectivity index (χ1v) is 11.3. The summed E-state index contributed by atoms with van der Waals surface area (Å²) < 4.78 is 51.9. The van der Waals surface area contributed by atoms with Crippen LogP contribution in [0.2, 0.25) is 0 Å². The van der Waals surface area contributed by atoms with E-state index in [-0.39, 0.29) is 36.6 Å². The number of carbonyl (C=O) groups excluding carboxylic acids is 3. The number of cyclic esters (lactones) is 1. The Morgan fingerprint density at radius 3 is 2.44 bits per heavy atom. The number of alkyl halides is 3. The molecule has 1 aromatic carbocycles. The second kappa shape index (κ2) is 10.8. The molecule has 2 fully saturated rings. The Hall–Kier alpha value is -3.83. The Kier molecular flexibility index (Phi) is 7.61. The number of aromatic nitrogens is 1. The lowest BCUT2D eigenvalue weighted by atomic mass is 10.0. The smallest absolute Gasteiger partial charge is 0.422 e. The summed E-state index contributed by atoms with van der Waals surface area (Å²) in [5, 5.41) is 0. The van der Waals surface area contributed by atoms with Crippen LogP contribution >= 0.6 is 0 Å². The number of pyridine rings is 1. The molecule has 1 unspecified atom stereocenters. The molecule has 1 aromatic heterocycles. The van der Waals surface area contributed by atoms with E-state index < -0.39 is 30.9 Å². The molecule has 2 aliphatic heterocycles. The number of piperidine rings is 1. The van der Waals surface area contributed by atoms with E-state index in [4.69, 9.17) is 9.47 Å². The van der Waals surface area contributed by atoms with Crippen LogP contribution in [0.15, 0.2) is 48.7 Å². The van der Waals surface area contributed by atoms with Crippen molar-refractivity contribution in [1.82, 2.24) is 14.8 Å². The molecule has 0 aliphatic carbocycles. The number of rotatable bonds is 7. The lowest BCUT2D eigenvalue weighted by molar-refractivity contribution is -0.154. The molecule has 1 atom stereocenters. The van der Waals surface area contributed by atoms with E-state index in [2.05, 4.69) is 9.72 Å². The Morgan fingerprint density at radius 2 is 1.81 bits per heavy atom. The molecule has 0 bridgehead atoms. The topological polar surface area (TPSA) is 98.3 Å². The van der Waals surface area contributed by atoms with Crippen LogP contribution in [-0.2, 0) is 20.9 Å². The normalized spacial score (nSPS) is 18.6. The largest absolute Gasteiger partial charge is 0.468 e. The van der Waals surface area contributed by atoms with E-state index in [0.717, 1.165) is 11.8 Å². The Labute approximate surface area is 204 Å². The van der Waals surface area contributed by atoms with Gasteiger partial charge in [0, 0.05) is 31.4 Å². The van der Waals surface area contributed by atoms with Crippen molar-refractivity contribution < 1.29 is 41.8 Å². The van der Waals surface area contributed by atoms with E-state index in [1.54, 1.807) is 4.90 Å². The fourth-order valence-electron chi connectivity index (χ4n) is 4.12. The number of ether oxygens (including phenoxy) is 3. The summed E-state index contributed by atoms with van der Waals surface area (Å²) in [5.74, 6) is -1.13. The van der Waals surface area contributed by atoms with Crippen LogP contribution in [0.1, 0.15) is 28.8 Å². The van der Waals surface area contributed by atoms with Crippen LogP contribution in [0, 0.1) is 0 Å². The standard InChI is InChI=1S/C24H24F3N3O6/c25-24(26,27)15-36-20-7-6-17(12-28-20)21(31)29-10-8-18(9-11-29)30-19(14-35-23(30)33)22(32)34-13-16-4-2-1-3-5-16/h1-7,12,18-19H,8-11,13-15H2. The molecule has 0 spiro atoms. The van der Waals surface area contributed by atoms with Crippen molar-refractivity contribution in [2.75, 3.05) is 26.3 Å². The fourth-order valence-corrected chi connectivity index (χ4v) is 4.12. The van der Waals surface area contributed by atoms with Gasteiger partial charge in [0.05, 0.1) is 5.56 Å². The Balaban J connectivity index is 1.30. The van der Waals surface area contributed by atoms with Gasteiger partial charge in [-0.25, -0.2) is 14.6 Å². The number of halogens is 3. The minimum Gasteiger partial charge on any atom is -0.468 e. The fraction of sp³-hybridized carbons (Fsp3) is 0.417. The maximum Gasteiger partial charge on any atom is 0.422 e. The third kappa shape index (κ3) is 6.23. The highest BCUT2D eigenvalue weighted by Crippen LogP contribution is 2.26. The van der Waals surface area contributed by atoms with Crippen LogP contribution in [0.3, 0.4) is 0 Å². The Bertz CT molecular complexity index is 1070. The van der Waals surface area contributed by atoms with Crippen LogP contribution in [0.5, 0.6) is 5.88 Å². The van der Waals surface area contributed by atoms with Crippen molar-refractivity contribution in [1.29, 1.82) is 0 Å². The van der Waals surface area contributed by atoms with Gasteiger partial charge in [-0.3, -0.25) is 9.69 Å². The zero-order valence-corrected chi connectivity index (χ0v) is 19.1. The Morgan fingerprint density at radius 1 is 1.08 bits per heavy atom. The number of carbonyl (C=O) groups is 3. The van der Waals surface area contributed by atoms with Gasteiger partial charge in [0.2, 0.25) is 5.88 Å². The van der Waals surface area contributed by atoms with Gasteiger partial charge in [0.15, 0.2) is 12.6 Å². The molecule has 9 nitrogen and oxygen atoms in total. The third-order valence-electron chi connectivity index (χ3n) is 5.92. The van der Waals surface area contributed by atoms with Crippen molar-refractivity contribution in [3.8, 4) is 5.88 Å². The molecule has 0 saturated carbocycles. The molecule has 2 aromatic rings. The van der Waals surface area contributed by atoms with Gasteiger partial charge in [0.1, 0.15) is 13.2 Å². The molecule has 0 radical (unpaired) electrons. The van der Waals surface area contributed by atoms with Crippen molar-refractivity contribution in [2.24, 2.45) is 0 Å². The first-order chi connectivity index (χ1) is 17.2. The predicted octanol–water partition coefficient (Wildman–Crippen LogP) is 3.19. The lowest BCUT2D eigenvalue weighted by Gasteiger charge is -2.37. The summed E-state index contributed by atoms with van der Waals surface area (Å²) in [6.07, 6.45) is -3.08. The first-order valence-electron chi connectivity index (χ1n) is 11.3. The molecule has 4 rings (SSSR count). The summed E-state index contributed by atoms with van der Waals surface area (Å²) in [6.45, 7) is -0.865. The molecular weight excluding hydrogens is 483 g/mol. The molecule has 2 saturated heterocycles. The summed E-state index contributed by atoms with van der Waals surface area (Å²) in [4.78, 5) is 44.6. The van der Waals surface area contributed by atoms with Gasteiger partial charge in [-0.15, -0.1) is 0 Å². The number of nitrogens with zero attached hydrogens (tertiary/aromatic N) is 3. The molecule has 2 aliphatic rings. The maximum atomic E-state index is 12.8. The van der Waals surface area contributed by atoms with Crippen LogP contribution in [0.4, 0.5) is 18.0 Å². The maximum absolute atomic E-state index is 12.8. The van der Waals surface area contributed by atoms with Gasteiger partial charge in [-0.2, -0.15) is 13.2 Å². The average molecular weight is 507 g/mol. The van der Waals surface area contributed by atoms with Gasteiger partial charge in [0.25, 0.3) is 5.91 Å². The number of esters is 1. The first kappa shape index (κ1) is 25.3. The molecule has 2 amide bonds. The summed E-state index contributed by atoms with van der Waals surface area (Å²) in [5.41, 5.74) is 1.03. The number of amides is 2. The predicted molar refractivity (Wildman–Crippen MR) is 118 cm³/mol. The van der Waals surface area contributed by atoms with Crippen LogP contribution in [-0.4, -0.2) is 77.3 Å². The van der Waals surface area contributed by atoms with Gasteiger partial charge in [-0.1, -0.05) is 30.3 Å². The van der Waals surface area contributed by atoms with Gasteiger partial charge in [-0.05, 0) is 24.5 Å². The molecule has 36 heavy (non-hydrogen) atoms. The van der Waals surface area contributed by atoms with Crippen LogP contribution < -0.4 is 4.74 Å². The second-order valence-corrected chi connectivity index (χ2v) is 8.41. The van der Waals surface area contributed by atoms with Crippen molar-refractivity contribution in [3.05, 3.63) is 59.8 Å². The zero-order chi connectivity index (χ0) is 25.7. The van der Waals surface area contributed by atoms with Crippen molar-refractivity contribution in [2.45, 2.75) is 37.7 Å². The van der Waals surface area contributed by atoms with Crippen molar-refractivity contribution in [3.63, 3.8) is 0 Å². The highest BCUT2D eigenvalue weighted by molar-refractivity contribution is 5.94. The number of hydrogen-bond acceptors (Lipinski definition) is 7. The number of hydrogen-bond donors (Lipinski definition) is 0. The van der Waals surface area contributed by atoms with Crippen molar-refractivity contribution >= 4 is 18.0 Å². The van der Waals surface area contributed by atoms with E-state index in [1.165, 1.54) is 17.0 Å². The molecule has 0 N–H and O–H groups in total. The molecular formula is C24H24F3N3O6. The highest BCUT2D eigenvalue weighted by atomic mass is 19.4. The van der Waals surface area contributed by atoms with E-state index in [9.17, 15) is 27.6 Å². The lowest BCUT2D eigenvalue weighted by Crippen LogP contribution is -2.52. The molecule has 12 heteroatoms. The number of likely N-dealkylation sites (tertiary alicyclic amines) is 1. The van der Waals surface area contributed by atoms with E-state index >= 15 is 0 Å². The average Bonchev–Trinajstić information content (AvgIpc) is 3.27. The SMILES string of the molecule is O=C(OCc1ccccc1)C1COC(=O)N1C1CCN(C(=O)c2ccc(OCC(F)(F)F)nc2)CC1.